The number of carbonyl (C=O) groups is 3. The number of ether oxygens (including phenoxy) is 2. The molecule has 25 heavy (non-hydrogen) atoms. The lowest BCUT2D eigenvalue weighted by Crippen LogP contribution is -2.19. The molecule has 2 rings (SSSR count). The van der Waals surface area contributed by atoms with E-state index in [9.17, 15) is 14.4 Å². The van der Waals surface area contributed by atoms with Crippen LogP contribution in [0.2, 0.25) is 0 Å². The molecule has 2 aromatic rings. The number of hydrogen-bond donors (Lipinski definition) is 0. The molecule has 0 saturated heterocycles. The zero-order valence-corrected chi connectivity index (χ0v) is 13.8. The van der Waals surface area contributed by atoms with Crippen molar-refractivity contribution >= 4 is 17.7 Å². The van der Waals surface area contributed by atoms with Gasteiger partial charge in [-0.25, -0.2) is 9.59 Å². The number of Topliss-reactive ketones (excluding diaryl/α,β-unsaturated/α-hetero) is 1. The third-order valence-electron chi connectivity index (χ3n) is 3.27. The van der Waals surface area contributed by atoms with Crippen molar-refractivity contribution < 1.29 is 23.9 Å². The first-order valence-electron chi connectivity index (χ1n) is 7.81. The van der Waals surface area contributed by atoms with Crippen LogP contribution in [0.15, 0.2) is 72.8 Å². The van der Waals surface area contributed by atoms with Gasteiger partial charge in [-0.2, -0.15) is 0 Å². The summed E-state index contributed by atoms with van der Waals surface area (Å²) in [6, 6.07) is 17.3. The van der Waals surface area contributed by atoms with Crippen LogP contribution in [0.4, 0.5) is 0 Å². The molecule has 0 saturated carbocycles. The third kappa shape index (κ3) is 5.42. The molecule has 0 aliphatic heterocycles. The molecule has 5 heteroatoms. The Bertz CT molecular complexity index is 750. The SMILES string of the molecule is CCOC(=O)/C=C/C(=O)O[C@@H](C(=O)c1ccccc1)c1ccccc1. The predicted octanol–water partition coefficient (Wildman–Crippen LogP) is 3.27. The summed E-state index contributed by atoms with van der Waals surface area (Å²) in [7, 11) is 0. The van der Waals surface area contributed by atoms with Crippen molar-refractivity contribution in [2.75, 3.05) is 6.61 Å². The van der Waals surface area contributed by atoms with Crippen LogP contribution < -0.4 is 0 Å². The van der Waals surface area contributed by atoms with Gasteiger partial charge in [-0.05, 0) is 6.92 Å². The number of esters is 2. The van der Waals surface area contributed by atoms with E-state index >= 15 is 0 Å². The molecule has 1 atom stereocenters. The van der Waals surface area contributed by atoms with E-state index in [2.05, 4.69) is 0 Å². The number of rotatable bonds is 7. The van der Waals surface area contributed by atoms with Crippen molar-refractivity contribution in [3.63, 3.8) is 0 Å². The standard InChI is InChI=1S/C20H18O5/c1-2-24-17(21)13-14-18(22)25-20(16-11-7-4-8-12-16)19(23)15-9-5-3-6-10-15/h3-14,20H,2H2,1H3/b14-13+/t20-/m1/s1. The van der Waals surface area contributed by atoms with E-state index in [0.29, 0.717) is 11.1 Å². The number of benzene rings is 2. The minimum Gasteiger partial charge on any atom is -0.463 e. The monoisotopic (exact) mass is 338 g/mol. The first kappa shape index (κ1) is 18.1. The van der Waals surface area contributed by atoms with Crippen molar-refractivity contribution in [3.05, 3.63) is 83.9 Å². The lowest BCUT2D eigenvalue weighted by Gasteiger charge is -2.16. The molecule has 128 valence electrons. The highest BCUT2D eigenvalue weighted by atomic mass is 16.5. The lowest BCUT2D eigenvalue weighted by molar-refractivity contribution is -0.142. The van der Waals surface area contributed by atoms with Gasteiger partial charge in [0.05, 0.1) is 6.61 Å². The van der Waals surface area contributed by atoms with E-state index in [4.69, 9.17) is 9.47 Å². The van der Waals surface area contributed by atoms with Crippen LogP contribution in [0.3, 0.4) is 0 Å². The van der Waals surface area contributed by atoms with Gasteiger partial charge in [0.15, 0.2) is 6.10 Å². The van der Waals surface area contributed by atoms with Gasteiger partial charge in [0.25, 0.3) is 0 Å². The smallest absolute Gasteiger partial charge is 0.332 e. The third-order valence-corrected chi connectivity index (χ3v) is 3.27. The van der Waals surface area contributed by atoms with E-state index < -0.39 is 18.0 Å². The Morgan fingerprint density at radius 3 is 2.04 bits per heavy atom. The summed E-state index contributed by atoms with van der Waals surface area (Å²) in [5.74, 6) is -1.79. The fourth-order valence-corrected chi connectivity index (χ4v) is 2.14. The van der Waals surface area contributed by atoms with Crippen molar-refractivity contribution in [2.45, 2.75) is 13.0 Å². The molecule has 2 aromatic carbocycles. The van der Waals surface area contributed by atoms with E-state index in [1.165, 1.54) is 0 Å². The largest absolute Gasteiger partial charge is 0.463 e. The van der Waals surface area contributed by atoms with Crippen molar-refractivity contribution in [1.29, 1.82) is 0 Å². The summed E-state index contributed by atoms with van der Waals surface area (Å²) in [5.41, 5.74) is 0.979. The van der Waals surface area contributed by atoms with Crippen LogP contribution >= 0.6 is 0 Å². The van der Waals surface area contributed by atoms with Gasteiger partial charge in [-0.1, -0.05) is 60.7 Å². The highest BCUT2D eigenvalue weighted by Gasteiger charge is 2.25. The highest BCUT2D eigenvalue weighted by molar-refractivity contribution is 6.01. The molecule has 0 fully saturated rings. The topological polar surface area (TPSA) is 69.7 Å². The number of hydrogen-bond acceptors (Lipinski definition) is 5. The van der Waals surface area contributed by atoms with Crippen LogP contribution in [-0.2, 0) is 19.1 Å². The van der Waals surface area contributed by atoms with Gasteiger partial charge >= 0.3 is 11.9 Å². The molecular formula is C20H18O5. The Kier molecular flexibility index (Phi) is 6.65. The normalized spacial score (nSPS) is 11.7. The quantitative estimate of drug-likeness (QED) is 0.440. The minimum absolute atomic E-state index is 0.206. The zero-order chi connectivity index (χ0) is 18.1. The molecule has 0 amide bonds. The van der Waals surface area contributed by atoms with Crippen molar-refractivity contribution in [2.24, 2.45) is 0 Å². The van der Waals surface area contributed by atoms with Gasteiger partial charge < -0.3 is 9.47 Å². The molecule has 0 N–H and O–H groups in total. The molecule has 0 spiro atoms. The molecule has 0 radical (unpaired) electrons. The Morgan fingerprint density at radius 2 is 1.44 bits per heavy atom. The van der Waals surface area contributed by atoms with Gasteiger partial charge in [0.2, 0.25) is 5.78 Å². The van der Waals surface area contributed by atoms with Crippen LogP contribution in [-0.4, -0.2) is 24.3 Å². The second-order valence-electron chi connectivity index (χ2n) is 5.04. The second kappa shape index (κ2) is 9.17. The average molecular weight is 338 g/mol. The van der Waals surface area contributed by atoms with Crippen LogP contribution in [0.25, 0.3) is 0 Å². The van der Waals surface area contributed by atoms with Gasteiger partial charge in [0, 0.05) is 23.3 Å². The Balaban J connectivity index is 2.20. The molecule has 5 nitrogen and oxygen atoms in total. The molecule has 0 bridgehead atoms. The summed E-state index contributed by atoms with van der Waals surface area (Å²) in [6.45, 7) is 1.87. The maximum atomic E-state index is 12.7. The van der Waals surface area contributed by atoms with E-state index in [1.54, 1.807) is 67.6 Å². The minimum atomic E-state index is -1.09. The molecule has 0 aliphatic rings. The summed E-state index contributed by atoms with van der Waals surface area (Å²) >= 11 is 0. The van der Waals surface area contributed by atoms with Crippen LogP contribution in [0.5, 0.6) is 0 Å². The number of ketones is 1. The second-order valence-corrected chi connectivity index (χ2v) is 5.04. The maximum absolute atomic E-state index is 12.7. The predicted molar refractivity (Wildman–Crippen MR) is 91.8 cm³/mol. The van der Waals surface area contributed by atoms with Crippen molar-refractivity contribution in [1.82, 2.24) is 0 Å². The maximum Gasteiger partial charge on any atom is 0.332 e. The fraction of sp³-hybridized carbons (Fsp3) is 0.150. The van der Waals surface area contributed by atoms with E-state index in [0.717, 1.165) is 12.2 Å². The molecule has 0 heterocycles. The van der Waals surface area contributed by atoms with Crippen molar-refractivity contribution in [3.8, 4) is 0 Å². The van der Waals surface area contributed by atoms with Gasteiger partial charge in [-0.3, -0.25) is 4.79 Å². The number of carbonyl (C=O) groups excluding carboxylic acids is 3. The summed E-state index contributed by atoms with van der Waals surface area (Å²) in [5, 5.41) is 0. The summed E-state index contributed by atoms with van der Waals surface area (Å²) in [6.07, 6.45) is 0.829. The molecule has 0 unspecified atom stereocenters. The average Bonchev–Trinajstić information content (AvgIpc) is 2.65. The molecule has 0 aromatic heterocycles. The zero-order valence-electron chi connectivity index (χ0n) is 13.8. The van der Waals surface area contributed by atoms with Gasteiger partial charge in [-0.15, -0.1) is 0 Å². The Labute approximate surface area is 145 Å². The molecule has 0 aliphatic carbocycles. The Morgan fingerprint density at radius 1 is 0.880 bits per heavy atom. The highest BCUT2D eigenvalue weighted by Crippen LogP contribution is 2.22. The van der Waals surface area contributed by atoms with Crippen LogP contribution in [0.1, 0.15) is 28.9 Å². The van der Waals surface area contributed by atoms with E-state index in [-0.39, 0.29) is 12.4 Å². The Hall–Kier alpha value is -3.21. The van der Waals surface area contributed by atoms with Crippen LogP contribution in [0, 0.1) is 0 Å². The van der Waals surface area contributed by atoms with E-state index in [1.807, 2.05) is 0 Å². The lowest BCUT2D eigenvalue weighted by atomic mass is 10.00. The first-order valence-corrected chi connectivity index (χ1v) is 7.81. The first-order chi connectivity index (χ1) is 12.1. The molecular weight excluding hydrogens is 320 g/mol. The fourth-order valence-electron chi connectivity index (χ4n) is 2.14. The summed E-state index contributed by atoms with van der Waals surface area (Å²) < 4.78 is 10.00. The van der Waals surface area contributed by atoms with Gasteiger partial charge in [0.1, 0.15) is 0 Å². The summed E-state index contributed by atoms with van der Waals surface area (Å²) in [4.78, 5) is 36.0.